The Labute approximate surface area is 231 Å². The molecular formula is C30H33F4N3O3. The van der Waals surface area contributed by atoms with Crippen LogP contribution in [0, 0.1) is 11.3 Å². The molecule has 2 atom stereocenters. The van der Waals surface area contributed by atoms with Crippen molar-refractivity contribution >= 4 is 11.9 Å². The molecule has 0 radical (unpaired) electrons. The summed E-state index contributed by atoms with van der Waals surface area (Å²) < 4.78 is 63.0. The minimum Gasteiger partial charge on any atom is -0.451 e. The Balaban J connectivity index is 1.62. The van der Waals surface area contributed by atoms with Crippen molar-refractivity contribution in [3.63, 3.8) is 0 Å². The number of nitriles is 1. The number of nitrogens with zero attached hydrogens (tertiary/aromatic N) is 1. The number of amides is 1. The number of rotatable bonds is 10. The molecule has 1 amide bonds. The lowest BCUT2D eigenvalue weighted by Crippen LogP contribution is -2.53. The van der Waals surface area contributed by atoms with Gasteiger partial charge in [-0.05, 0) is 68.4 Å². The van der Waals surface area contributed by atoms with Gasteiger partial charge >= 0.3 is 12.1 Å². The Morgan fingerprint density at radius 3 is 2.15 bits per heavy atom. The van der Waals surface area contributed by atoms with Gasteiger partial charge in [0.2, 0.25) is 5.91 Å². The fourth-order valence-electron chi connectivity index (χ4n) is 5.22. The molecule has 2 N–H and O–H groups in total. The number of cyclic esters (lactones) is 1. The van der Waals surface area contributed by atoms with Crippen molar-refractivity contribution in [1.82, 2.24) is 10.6 Å². The predicted octanol–water partition coefficient (Wildman–Crippen LogP) is 6.41. The summed E-state index contributed by atoms with van der Waals surface area (Å²) >= 11 is 0. The number of fused-ring (bicyclic) bond motifs is 1. The number of carbonyl (C=O) groups excluding carboxylic acids is 2. The smallest absolute Gasteiger partial charge is 0.407 e. The molecule has 0 saturated heterocycles. The molecule has 10 heteroatoms. The van der Waals surface area contributed by atoms with Crippen LogP contribution in [-0.4, -0.2) is 35.3 Å². The molecule has 2 aromatic carbocycles. The molecular weight excluding hydrogens is 526 g/mol. The highest BCUT2D eigenvalue weighted by atomic mass is 19.4. The summed E-state index contributed by atoms with van der Waals surface area (Å²) in [5.74, 6) is -1.24. The lowest BCUT2D eigenvalue weighted by atomic mass is 9.85. The first kappa shape index (κ1) is 29.5. The highest BCUT2D eigenvalue weighted by Crippen LogP contribution is 2.43. The van der Waals surface area contributed by atoms with Crippen molar-refractivity contribution in [2.24, 2.45) is 0 Å². The molecule has 0 aromatic heterocycles. The molecule has 1 saturated carbocycles. The van der Waals surface area contributed by atoms with Crippen molar-refractivity contribution in [2.75, 3.05) is 0 Å². The van der Waals surface area contributed by atoms with E-state index < -0.39 is 53.4 Å². The summed E-state index contributed by atoms with van der Waals surface area (Å²) in [6, 6.07) is 9.13. The summed E-state index contributed by atoms with van der Waals surface area (Å²) in [4.78, 5) is 25.3. The molecule has 1 heterocycles. The Kier molecular flexibility index (Phi) is 7.76. The molecule has 0 unspecified atom stereocenters. The van der Waals surface area contributed by atoms with E-state index in [0.29, 0.717) is 42.4 Å². The summed E-state index contributed by atoms with van der Waals surface area (Å²) in [7, 11) is 0. The second-order valence-corrected chi connectivity index (χ2v) is 11.3. The largest absolute Gasteiger partial charge is 0.451 e. The molecule has 214 valence electrons. The van der Waals surface area contributed by atoms with Crippen LogP contribution in [0.25, 0.3) is 11.1 Å². The van der Waals surface area contributed by atoms with Crippen LogP contribution in [0.3, 0.4) is 0 Å². The molecule has 1 aliphatic carbocycles. The highest BCUT2D eigenvalue weighted by Gasteiger charge is 2.48. The first-order chi connectivity index (χ1) is 18.7. The van der Waals surface area contributed by atoms with E-state index in [1.165, 1.54) is 38.1 Å². The first-order valence-electron chi connectivity index (χ1n) is 13.4. The van der Waals surface area contributed by atoms with Gasteiger partial charge in [-0.2, -0.15) is 18.4 Å². The maximum Gasteiger partial charge on any atom is 0.407 e. The number of hydrogen-bond donors (Lipinski definition) is 2. The second-order valence-electron chi connectivity index (χ2n) is 11.3. The third kappa shape index (κ3) is 5.99. The van der Waals surface area contributed by atoms with Crippen LogP contribution < -0.4 is 10.6 Å². The van der Waals surface area contributed by atoms with E-state index in [1.807, 2.05) is 26.0 Å². The monoisotopic (exact) mass is 559 g/mol. The zero-order valence-corrected chi connectivity index (χ0v) is 22.9. The van der Waals surface area contributed by atoms with Gasteiger partial charge in [0.05, 0.1) is 17.7 Å². The van der Waals surface area contributed by atoms with E-state index in [4.69, 9.17) is 4.74 Å². The van der Waals surface area contributed by atoms with Crippen LogP contribution in [0.2, 0.25) is 0 Å². The number of hydrogen-bond acceptors (Lipinski definition) is 5. The van der Waals surface area contributed by atoms with Crippen LogP contribution >= 0.6 is 0 Å². The molecule has 1 fully saturated rings. The number of alkyl halides is 4. The fraction of sp³-hybridized carbons (Fsp3) is 0.500. The van der Waals surface area contributed by atoms with Gasteiger partial charge in [-0.25, -0.2) is 9.18 Å². The Bertz CT molecular complexity index is 1320. The van der Waals surface area contributed by atoms with Gasteiger partial charge in [-0.3, -0.25) is 10.1 Å². The molecule has 2 aliphatic rings. The highest BCUT2D eigenvalue weighted by molar-refractivity contribution is 5.95. The Morgan fingerprint density at radius 2 is 1.65 bits per heavy atom. The average Bonchev–Trinajstić information content (AvgIpc) is 3.61. The minimum atomic E-state index is -4.79. The third-order valence-electron chi connectivity index (χ3n) is 7.77. The number of nitrogens with one attached hydrogen (secondary N) is 2. The minimum absolute atomic E-state index is 0.150. The summed E-state index contributed by atoms with van der Waals surface area (Å²) in [6.45, 7) is 6.23. The van der Waals surface area contributed by atoms with Crippen LogP contribution in [0.5, 0.6) is 0 Å². The van der Waals surface area contributed by atoms with Gasteiger partial charge in [0.25, 0.3) is 0 Å². The Hall–Kier alpha value is -3.45. The molecule has 1 aliphatic heterocycles. The van der Waals surface area contributed by atoms with E-state index in [9.17, 15) is 32.4 Å². The van der Waals surface area contributed by atoms with E-state index >= 15 is 0 Å². The lowest BCUT2D eigenvalue weighted by molar-refractivity contribution is -0.161. The van der Waals surface area contributed by atoms with E-state index in [2.05, 4.69) is 10.6 Å². The summed E-state index contributed by atoms with van der Waals surface area (Å²) in [5.41, 5.74) is -1.34. The van der Waals surface area contributed by atoms with E-state index in [0.717, 1.165) is 5.56 Å². The average molecular weight is 560 g/mol. The second kappa shape index (κ2) is 10.5. The van der Waals surface area contributed by atoms with E-state index in [1.54, 1.807) is 12.1 Å². The van der Waals surface area contributed by atoms with E-state index in [-0.39, 0.29) is 5.56 Å². The normalized spacial score (nSPS) is 18.7. The van der Waals surface area contributed by atoms with Crippen molar-refractivity contribution in [3.05, 3.63) is 59.2 Å². The molecule has 0 bridgehead atoms. The topological polar surface area (TPSA) is 91.2 Å². The summed E-state index contributed by atoms with van der Waals surface area (Å²) in [5, 5.41) is 14.1. The maximum atomic E-state index is 14.5. The number of halogens is 4. The van der Waals surface area contributed by atoms with Crippen molar-refractivity contribution in [2.45, 2.75) is 94.9 Å². The van der Waals surface area contributed by atoms with Gasteiger partial charge in [-0.1, -0.05) is 44.2 Å². The van der Waals surface area contributed by atoms with Crippen LogP contribution in [0.15, 0.2) is 42.5 Å². The number of benzene rings is 2. The van der Waals surface area contributed by atoms with Gasteiger partial charge in [-0.15, -0.1) is 0 Å². The quantitative estimate of drug-likeness (QED) is 0.259. The summed E-state index contributed by atoms with van der Waals surface area (Å²) in [6.07, 6.45) is -3.35. The fourth-order valence-corrected chi connectivity index (χ4v) is 5.22. The third-order valence-corrected chi connectivity index (χ3v) is 7.77. The standard InChI is InChI=1S/C30H33F4N3O3/c1-5-29(6-2)22-15-20(11-12-21(22)26(39)40-29)18-7-9-19(10-8-18)24(30(32,33)34)36-23(16-27(3,4)31)25(38)37-28(17-35)13-14-28/h7-12,15,23-24,36H,5-6,13-14,16H2,1-4H3,(H,37,38)/t23-,24-/m0/s1. The van der Waals surface area contributed by atoms with Gasteiger partial charge in [0.1, 0.15) is 22.9 Å². The van der Waals surface area contributed by atoms with Crippen molar-refractivity contribution < 1.29 is 31.9 Å². The predicted molar refractivity (Wildman–Crippen MR) is 141 cm³/mol. The maximum absolute atomic E-state index is 14.5. The molecule has 0 spiro atoms. The number of ether oxygens (including phenoxy) is 1. The molecule has 40 heavy (non-hydrogen) atoms. The van der Waals surface area contributed by atoms with Gasteiger partial charge in [0, 0.05) is 12.0 Å². The Morgan fingerprint density at radius 1 is 1.05 bits per heavy atom. The number of esters is 1. The SMILES string of the molecule is CCC1(CC)OC(=O)c2ccc(-c3ccc([C@H](N[C@@H](CC(C)(C)F)C(=O)NC4(C#N)CC4)C(F)(F)F)cc3)cc21. The first-order valence-corrected chi connectivity index (χ1v) is 13.4. The molecule has 6 nitrogen and oxygen atoms in total. The zero-order valence-electron chi connectivity index (χ0n) is 22.9. The molecule has 2 aromatic rings. The van der Waals surface area contributed by atoms with Crippen LogP contribution in [-0.2, 0) is 15.1 Å². The van der Waals surface area contributed by atoms with Crippen LogP contribution in [0.4, 0.5) is 17.6 Å². The van der Waals surface area contributed by atoms with Crippen LogP contribution in [0.1, 0.15) is 87.3 Å². The zero-order chi connectivity index (χ0) is 29.5. The van der Waals surface area contributed by atoms with Gasteiger partial charge in [0.15, 0.2) is 0 Å². The molecule has 4 rings (SSSR count). The number of carbonyl (C=O) groups is 2. The lowest BCUT2D eigenvalue weighted by Gasteiger charge is -2.30. The van der Waals surface area contributed by atoms with Crippen molar-refractivity contribution in [3.8, 4) is 17.2 Å². The van der Waals surface area contributed by atoms with Crippen molar-refractivity contribution in [1.29, 1.82) is 5.26 Å². The van der Waals surface area contributed by atoms with Gasteiger partial charge < -0.3 is 10.1 Å².